The van der Waals surface area contributed by atoms with Crippen LogP contribution in [0.15, 0.2) is 31.2 Å². The van der Waals surface area contributed by atoms with Crippen LogP contribution in [0.4, 0.5) is 5.69 Å². The summed E-state index contributed by atoms with van der Waals surface area (Å²) in [4.78, 5) is 16.8. The van der Waals surface area contributed by atoms with Crippen LogP contribution in [0.5, 0.6) is 0 Å². The molecule has 4 nitrogen and oxygen atoms in total. The number of nitrogens with zero attached hydrogens (tertiary/aromatic N) is 1. The lowest BCUT2D eigenvalue weighted by atomic mass is 10.1. The molecule has 0 spiro atoms. The van der Waals surface area contributed by atoms with Crippen LogP contribution < -0.4 is 5.32 Å². The molecule has 0 saturated carbocycles. The highest BCUT2D eigenvalue weighted by molar-refractivity contribution is 9.10. The minimum Gasteiger partial charge on any atom is -0.378 e. The van der Waals surface area contributed by atoms with Gasteiger partial charge in [0.05, 0.1) is 0 Å². The number of thiazole rings is 1. The van der Waals surface area contributed by atoms with Crippen molar-refractivity contribution in [3.63, 3.8) is 0 Å². The van der Waals surface area contributed by atoms with E-state index in [9.17, 15) is 9.90 Å². The van der Waals surface area contributed by atoms with Gasteiger partial charge in [-0.15, -0.1) is 11.3 Å². The van der Waals surface area contributed by atoms with Crippen LogP contribution in [-0.2, 0) is 4.79 Å². The Balaban J connectivity index is 1.96. The van der Waals surface area contributed by atoms with Gasteiger partial charge >= 0.3 is 0 Å². The Kier molecular flexibility index (Phi) is 3.38. The lowest BCUT2D eigenvalue weighted by molar-refractivity contribution is -0.123. The van der Waals surface area contributed by atoms with Gasteiger partial charge in [-0.1, -0.05) is 11.8 Å². The second kappa shape index (κ2) is 4.90. The van der Waals surface area contributed by atoms with E-state index in [0.29, 0.717) is 11.3 Å². The number of amides is 1. The van der Waals surface area contributed by atoms with Crippen molar-refractivity contribution in [3.05, 3.63) is 33.2 Å². The zero-order chi connectivity index (χ0) is 13.6. The Morgan fingerprint density at radius 3 is 3.00 bits per heavy atom. The van der Waals surface area contributed by atoms with Gasteiger partial charge in [-0.2, -0.15) is 0 Å². The first-order chi connectivity index (χ1) is 9.04. The zero-order valence-corrected chi connectivity index (χ0v) is 13.0. The van der Waals surface area contributed by atoms with Gasteiger partial charge in [-0.3, -0.25) is 4.79 Å². The summed E-state index contributed by atoms with van der Waals surface area (Å²) in [5, 5.41) is 14.4. The van der Waals surface area contributed by atoms with E-state index in [1.807, 2.05) is 18.4 Å². The molecule has 1 amide bonds. The van der Waals surface area contributed by atoms with Gasteiger partial charge in [-0.05, 0) is 35.0 Å². The van der Waals surface area contributed by atoms with Crippen molar-refractivity contribution in [2.45, 2.75) is 22.3 Å². The molecule has 1 aliphatic heterocycles. The highest BCUT2D eigenvalue weighted by Crippen LogP contribution is 2.41. The van der Waals surface area contributed by atoms with E-state index >= 15 is 0 Å². The molecule has 2 heterocycles. The predicted molar refractivity (Wildman–Crippen MR) is 78.7 cm³/mol. The van der Waals surface area contributed by atoms with Gasteiger partial charge in [0.1, 0.15) is 0 Å². The van der Waals surface area contributed by atoms with Crippen molar-refractivity contribution in [1.82, 2.24) is 4.98 Å². The number of anilines is 1. The molecule has 2 aromatic rings. The molecule has 2 N–H and O–H groups in total. The molecule has 7 heteroatoms. The van der Waals surface area contributed by atoms with Gasteiger partial charge in [0.2, 0.25) is 0 Å². The molecular formula is C12H9BrN2O2S2. The number of carbonyl (C=O) groups excluding carboxylic acids is 1. The summed E-state index contributed by atoms with van der Waals surface area (Å²) in [6.07, 6.45) is -1.08. The third kappa shape index (κ3) is 2.43. The van der Waals surface area contributed by atoms with Crippen molar-refractivity contribution in [1.29, 1.82) is 0 Å². The number of aliphatic hydroxyl groups excluding tert-OH is 1. The van der Waals surface area contributed by atoms with Gasteiger partial charge in [0.25, 0.3) is 5.91 Å². The Morgan fingerprint density at radius 1 is 1.53 bits per heavy atom. The number of carbonyl (C=O) groups is 1. The summed E-state index contributed by atoms with van der Waals surface area (Å²) in [6, 6.07) is 3.63. The monoisotopic (exact) mass is 356 g/mol. The van der Waals surface area contributed by atoms with Crippen LogP contribution in [0, 0.1) is 6.92 Å². The second-order valence-electron chi connectivity index (χ2n) is 4.12. The van der Waals surface area contributed by atoms with Gasteiger partial charge in [-0.25, -0.2) is 4.98 Å². The maximum Gasteiger partial charge on any atom is 0.257 e. The first-order valence-corrected chi connectivity index (χ1v) is 7.96. The van der Waals surface area contributed by atoms with Crippen LogP contribution in [0.25, 0.3) is 0 Å². The summed E-state index contributed by atoms with van der Waals surface area (Å²) < 4.78 is 1.79. The Morgan fingerprint density at radius 2 is 2.32 bits per heavy atom. The van der Waals surface area contributed by atoms with Crippen molar-refractivity contribution in [3.8, 4) is 0 Å². The van der Waals surface area contributed by atoms with E-state index in [4.69, 9.17) is 0 Å². The number of rotatable bonds is 2. The van der Waals surface area contributed by atoms with Crippen LogP contribution in [0.2, 0.25) is 0 Å². The number of aliphatic hydroxyl groups is 1. The largest absolute Gasteiger partial charge is 0.378 e. The summed E-state index contributed by atoms with van der Waals surface area (Å²) in [5.74, 6) is -0.380. The smallest absolute Gasteiger partial charge is 0.257 e. The molecule has 1 aliphatic rings. The van der Waals surface area contributed by atoms with Crippen molar-refractivity contribution >= 4 is 50.6 Å². The predicted octanol–water partition coefficient (Wildman–Crippen LogP) is 3.35. The molecule has 19 heavy (non-hydrogen) atoms. The fourth-order valence-electron chi connectivity index (χ4n) is 1.80. The minimum atomic E-state index is -1.08. The van der Waals surface area contributed by atoms with Crippen LogP contribution in [-0.4, -0.2) is 16.0 Å². The van der Waals surface area contributed by atoms with E-state index in [1.54, 1.807) is 17.4 Å². The number of benzene rings is 1. The number of hydrogen-bond acceptors (Lipinski definition) is 5. The van der Waals surface area contributed by atoms with Crippen molar-refractivity contribution in [2.24, 2.45) is 0 Å². The third-order valence-corrected chi connectivity index (χ3v) is 5.73. The zero-order valence-electron chi connectivity index (χ0n) is 9.81. The molecule has 0 aliphatic carbocycles. The molecule has 0 saturated heterocycles. The first-order valence-electron chi connectivity index (χ1n) is 5.47. The average Bonchev–Trinajstić information content (AvgIpc) is 2.87. The molecule has 1 atom stereocenters. The fourth-order valence-corrected chi connectivity index (χ4v) is 4.24. The van der Waals surface area contributed by atoms with E-state index in [2.05, 4.69) is 26.2 Å². The molecule has 3 rings (SSSR count). The molecule has 0 bridgehead atoms. The minimum absolute atomic E-state index is 0.380. The average molecular weight is 357 g/mol. The number of nitrogens with one attached hydrogen (secondary N) is 1. The SMILES string of the molecule is Cc1csc(Sc2cc3c(cc2Br)C(O)C(=O)N3)n1. The second-order valence-corrected chi connectivity index (χ2v) is 7.12. The summed E-state index contributed by atoms with van der Waals surface area (Å²) in [7, 11) is 0. The molecule has 98 valence electrons. The van der Waals surface area contributed by atoms with E-state index in [1.165, 1.54) is 11.8 Å². The number of halogens is 1. The van der Waals surface area contributed by atoms with Crippen molar-refractivity contribution < 1.29 is 9.90 Å². The first kappa shape index (κ1) is 13.1. The number of aryl methyl sites for hydroxylation is 1. The van der Waals surface area contributed by atoms with Crippen LogP contribution >= 0.6 is 39.0 Å². The normalized spacial score (nSPS) is 17.4. The molecule has 1 aromatic heterocycles. The maximum absolute atomic E-state index is 11.4. The topological polar surface area (TPSA) is 62.2 Å². The van der Waals surface area contributed by atoms with Gasteiger partial charge in [0.15, 0.2) is 10.4 Å². The third-order valence-electron chi connectivity index (χ3n) is 2.70. The highest BCUT2D eigenvalue weighted by atomic mass is 79.9. The Labute approximate surface area is 126 Å². The fraction of sp³-hybridized carbons (Fsp3) is 0.167. The quantitative estimate of drug-likeness (QED) is 0.865. The highest BCUT2D eigenvalue weighted by Gasteiger charge is 2.29. The van der Waals surface area contributed by atoms with E-state index in [0.717, 1.165) is 19.4 Å². The molecular weight excluding hydrogens is 348 g/mol. The standard InChI is InChI=1S/C12H9BrN2O2S2/c1-5-4-18-12(14-5)19-9-3-8-6(2-7(9)13)10(16)11(17)15-8/h2-4,10,16H,1H3,(H,15,17). The van der Waals surface area contributed by atoms with Crippen LogP contribution in [0.1, 0.15) is 17.4 Å². The molecule has 1 aromatic carbocycles. The van der Waals surface area contributed by atoms with Gasteiger partial charge < -0.3 is 10.4 Å². The van der Waals surface area contributed by atoms with E-state index in [-0.39, 0.29) is 5.91 Å². The van der Waals surface area contributed by atoms with E-state index < -0.39 is 6.10 Å². The number of aromatic nitrogens is 1. The number of fused-ring (bicyclic) bond motifs is 1. The lowest BCUT2D eigenvalue weighted by Gasteiger charge is -2.06. The summed E-state index contributed by atoms with van der Waals surface area (Å²) in [5.41, 5.74) is 2.27. The van der Waals surface area contributed by atoms with Gasteiger partial charge in [0, 0.05) is 31.7 Å². The molecule has 0 radical (unpaired) electrons. The molecule has 1 unspecified atom stereocenters. The lowest BCUT2D eigenvalue weighted by Crippen LogP contribution is -2.10. The van der Waals surface area contributed by atoms with Crippen LogP contribution in [0.3, 0.4) is 0 Å². The van der Waals surface area contributed by atoms with Crippen molar-refractivity contribution in [2.75, 3.05) is 5.32 Å². The summed E-state index contributed by atoms with van der Waals surface area (Å²) >= 11 is 6.58. The Hall–Kier alpha value is -0.890. The Bertz CT molecular complexity index is 672. The maximum atomic E-state index is 11.4. The summed E-state index contributed by atoms with van der Waals surface area (Å²) in [6.45, 7) is 1.95. The molecule has 0 fully saturated rings. The number of hydrogen-bond donors (Lipinski definition) is 2.